The van der Waals surface area contributed by atoms with Crippen molar-refractivity contribution in [1.82, 2.24) is 0 Å². The second-order valence-electron chi connectivity index (χ2n) is 4.80. The average molecular weight is 263 g/mol. The molecule has 1 aliphatic heterocycles. The Morgan fingerprint density at radius 2 is 2.11 bits per heavy atom. The first-order chi connectivity index (χ1) is 8.99. The molecule has 1 heterocycles. The van der Waals surface area contributed by atoms with Crippen molar-refractivity contribution in [3.8, 4) is 0 Å². The molecule has 5 nitrogen and oxygen atoms in total. The molecule has 2 rings (SSSR count). The number of benzene rings is 1. The number of anilines is 1. The van der Waals surface area contributed by atoms with Gasteiger partial charge in [0.05, 0.1) is 11.3 Å². The lowest BCUT2D eigenvalue weighted by Gasteiger charge is -2.15. The van der Waals surface area contributed by atoms with Gasteiger partial charge < -0.3 is 15.2 Å². The molecule has 0 saturated carbocycles. The zero-order valence-corrected chi connectivity index (χ0v) is 11.0. The topological polar surface area (TPSA) is 75.6 Å². The third-order valence-corrected chi connectivity index (χ3v) is 3.18. The summed E-state index contributed by atoms with van der Waals surface area (Å²) in [5.41, 5.74) is 2.07. The number of carboxylic acid groups (broad SMARTS) is 1. The summed E-state index contributed by atoms with van der Waals surface area (Å²) in [4.78, 5) is 23.2. The predicted molar refractivity (Wildman–Crippen MR) is 70.5 cm³/mol. The Kier molecular flexibility index (Phi) is 3.85. The second kappa shape index (κ2) is 5.40. The Labute approximate surface area is 111 Å². The molecule has 1 aromatic rings. The van der Waals surface area contributed by atoms with Gasteiger partial charge in [-0.3, -0.25) is 4.79 Å². The van der Waals surface area contributed by atoms with Gasteiger partial charge in [0.1, 0.15) is 6.10 Å². The molecule has 0 spiro atoms. The van der Waals surface area contributed by atoms with Crippen molar-refractivity contribution in [2.75, 3.05) is 11.9 Å². The first kappa shape index (κ1) is 13.5. The van der Waals surface area contributed by atoms with Crippen molar-refractivity contribution >= 4 is 17.6 Å². The van der Waals surface area contributed by atoms with Crippen LogP contribution in [0.25, 0.3) is 0 Å². The molecule has 19 heavy (non-hydrogen) atoms. The van der Waals surface area contributed by atoms with Crippen molar-refractivity contribution in [1.29, 1.82) is 0 Å². The number of carbonyl (C=O) groups excluding carboxylic acids is 1. The van der Waals surface area contributed by atoms with Crippen LogP contribution in [0.2, 0.25) is 0 Å². The highest BCUT2D eigenvalue weighted by Gasteiger charge is 2.25. The molecular weight excluding hydrogens is 246 g/mol. The quantitative estimate of drug-likeness (QED) is 0.875. The fraction of sp³-hybridized carbons (Fsp3) is 0.429. The minimum atomic E-state index is -1.05. The molecule has 1 aromatic carbocycles. The number of hydrogen-bond acceptors (Lipinski definition) is 3. The van der Waals surface area contributed by atoms with Crippen LogP contribution in [0.4, 0.5) is 5.69 Å². The molecule has 1 atom stereocenters. The Balaban J connectivity index is 2.28. The predicted octanol–water partition coefficient (Wildman–Crippen LogP) is 2.12. The summed E-state index contributed by atoms with van der Waals surface area (Å²) >= 11 is 0. The van der Waals surface area contributed by atoms with Gasteiger partial charge in [0.25, 0.3) is 5.91 Å². The number of carboxylic acids is 1. The lowest BCUT2D eigenvalue weighted by Crippen LogP contribution is -2.28. The van der Waals surface area contributed by atoms with Crippen LogP contribution in [0.5, 0.6) is 0 Å². The number of aryl methyl sites for hydroxylation is 2. The SMILES string of the molecule is Cc1cc(C)c(NC(=O)[C@@H]2CCCO2)c(C(=O)O)c1. The number of carbonyl (C=O) groups is 2. The maximum Gasteiger partial charge on any atom is 0.337 e. The highest BCUT2D eigenvalue weighted by atomic mass is 16.5. The summed E-state index contributed by atoms with van der Waals surface area (Å²) in [6, 6.07) is 3.40. The third-order valence-electron chi connectivity index (χ3n) is 3.18. The Hall–Kier alpha value is -1.88. The lowest BCUT2D eigenvalue weighted by atomic mass is 10.0. The van der Waals surface area contributed by atoms with Crippen molar-refractivity contribution < 1.29 is 19.4 Å². The fourth-order valence-electron chi connectivity index (χ4n) is 2.29. The summed E-state index contributed by atoms with van der Waals surface area (Å²) in [7, 11) is 0. The van der Waals surface area contributed by atoms with Gasteiger partial charge in [-0.1, -0.05) is 6.07 Å². The van der Waals surface area contributed by atoms with Crippen LogP contribution in [0.3, 0.4) is 0 Å². The molecule has 0 unspecified atom stereocenters. The molecule has 0 aromatic heterocycles. The van der Waals surface area contributed by atoms with Crippen LogP contribution in [0.15, 0.2) is 12.1 Å². The van der Waals surface area contributed by atoms with E-state index in [-0.39, 0.29) is 11.5 Å². The molecule has 1 fully saturated rings. The highest BCUT2D eigenvalue weighted by molar-refractivity contribution is 6.03. The first-order valence-corrected chi connectivity index (χ1v) is 6.26. The summed E-state index contributed by atoms with van der Waals surface area (Å²) in [6.07, 6.45) is 1.07. The van der Waals surface area contributed by atoms with Crippen molar-refractivity contribution in [3.63, 3.8) is 0 Å². The summed E-state index contributed by atoms with van der Waals surface area (Å²) in [5.74, 6) is -1.32. The van der Waals surface area contributed by atoms with Gasteiger partial charge in [-0.15, -0.1) is 0 Å². The van der Waals surface area contributed by atoms with Gasteiger partial charge in [-0.05, 0) is 43.9 Å². The van der Waals surface area contributed by atoms with Crippen molar-refractivity contribution in [2.24, 2.45) is 0 Å². The van der Waals surface area contributed by atoms with E-state index >= 15 is 0 Å². The number of amides is 1. The van der Waals surface area contributed by atoms with Crippen LogP contribution in [0, 0.1) is 13.8 Å². The monoisotopic (exact) mass is 263 g/mol. The van der Waals surface area contributed by atoms with Crippen LogP contribution in [-0.4, -0.2) is 29.7 Å². The number of ether oxygens (including phenoxy) is 1. The molecule has 1 amide bonds. The van der Waals surface area contributed by atoms with E-state index in [2.05, 4.69) is 5.32 Å². The molecule has 5 heteroatoms. The van der Waals surface area contributed by atoms with Crippen LogP contribution in [0.1, 0.15) is 34.3 Å². The van der Waals surface area contributed by atoms with Gasteiger partial charge in [0.15, 0.2) is 0 Å². The maximum absolute atomic E-state index is 12.0. The van der Waals surface area contributed by atoms with Crippen LogP contribution in [-0.2, 0) is 9.53 Å². The van der Waals surface area contributed by atoms with E-state index in [4.69, 9.17) is 4.74 Å². The van der Waals surface area contributed by atoms with Crippen molar-refractivity contribution in [2.45, 2.75) is 32.8 Å². The summed E-state index contributed by atoms with van der Waals surface area (Å²) < 4.78 is 5.29. The smallest absolute Gasteiger partial charge is 0.337 e. The minimum absolute atomic E-state index is 0.115. The number of hydrogen-bond donors (Lipinski definition) is 2. The van der Waals surface area contributed by atoms with E-state index in [1.54, 1.807) is 13.0 Å². The van der Waals surface area contributed by atoms with E-state index in [1.807, 2.05) is 13.0 Å². The Bertz CT molecular complexity index is 518. The average Bonchev–Trinajstić information content (AvgIpc) is 2.85. The molecule has 0 bridgehead atoms. The number of aromatic carboxylic acids is 1. The van der Waals surface area contributed by atoms with Gasteiger partial charge in [-0.25, -0.2) is 4.79 Å². The van der Waals surface area contributed by atoms with Gasteiger partial charge in [0, 0.05) is 6.61 Å². The molecule has 2 N–H and O–H groups in total. The van der Waals surface area contributed by atoms with E-state index in [1.165, 1.54) is 0 Å². The second-order valence-corrected chi connectivity index (χ2v) is 4.80. The van der Waals surface area contributed by atoms with E-state index in [9.17, 15) is 14.7 Å². The van der Waals surface area contributed by atoms with E-state index in [0.717, 1.165) is 17.5 Å². The molecule has 102 valence electrons. The normalized spacial score (nSPS) is 18.3. The Morgan fingerprint density at radius 1 is 1.37 bits per heavy atom. The first-order valence-electron chi connectivity index (χ1n) is 6.26. The van der Waals surface area contributed by atoms with Gasteiger partial charge in [0.2, 0.25) is 0 Å². The zero-order valence-electron chi connectivity index (χ0n) is 11.0. The molecule has 1 saturated heterocycles. The standard InChI is InChI=1S/C14H17NO4/c1-8-6-9(2)12(10(7-8)14(17)18)15-13(16)11-4-3-5-19-11/h6-7,11H,3-5H2,1-2H3,(H,15,16)(H,17,18)/t11-/m0/s1. The van der Waals surface area contributed by atoms with Gasteiger partial charge in [-0.2, -0.15) is 0 Å². The summed E-state index contributed by atoms with van der Waals surface area (Å²) in [6.45, 7) is 4.19. The Morgan fingerprint density at radius 3 is 2.68 bits per heavy atom. The molecular formula is C14H17NO4. The minimum Gasteiger partial charge on any atom is -0.478 e. The molecule has 0 radical (unpaired) electrons. The lowest BCUT2D eigenvalue weighted by molar-refractivity contribution is -0.124. The van der Waals surface area contributed by atoms with Crippen molar-refractivity contribution in [3.05, 3.63) is 28.8 Å². The van der Waals surface area contributed by atoms with E-state index in [0.29, 0.717) is 18.7 Å². The van der Waals surface area contributed by atoms with Gasteiger partial charge >= 0.3 is 5.97 Å². The maximum atomic E-state index is 12.0. The zero-order chi connectivity index (χ0) is 14.0. The van der Waals surface area contributed by atoms with Crippen LogP contribution >= 0.6 is 0 Å². The van der Waals surface area contributed by atoms with Crippen LogP contribution < -0.4 is 5.32 Å². The molecule has 0 aliphatic carbocycles. The fourth-order valence-corrected chi connectivity index (χ4v) is 2.29. The third kappa shape index (κ3) is 2.93. The largest absolute Gasteiger partial charge is 0.478 e. The molecule has 1 aliphatic rings. The summed E-state index contributed by atoms with van der Waals surface area (Å²) in [5, 5.41) is 11.9. The van der Waals surface area contributed by atoms with E-state index < -0.39 is 12.1 Å². The number of rotatable bonds is 3. The highest BCUT2D eigenvalue weighted by Crippen LogP contribution is 2.24. The number of nitrogens with one attached hydrogen (secondary N) is 1.